The van der Waals surface area contributed by atoms with Gasteiger partial charge in [0.2, 0.25) is 0 Å². The average molecular weight is 309 g/mol. The van der Waals surface area contributed by atoms with E-state index in [1.165, 1.54) is 4.90 Å². The van der Waals surface area contributed by atoms with Crippen LogP contribution in [0.5, 0.6) is 0 Å². The van der Waals surface area contributed by atoms with Crippen molar-refractivity contribution >= 4 is 23.5 Å². The molecule has 0 spiro atoms. The first-order chi connectivity index (χ1) is 10.0. The molecule has 1 aliphatic heterocycles. The number of benzene rings is 1. The Balaban J connectivity index is 2.19. The summed E-state index contributed by atoms with van der Waals surface area (Å²) in [4.78, 5) is 26.2. The summed E-state index contributed by atoms with van der Waals surface area (Å²) < 4.78 is 0. The van der Waals surface area contributed by atoms with Crippen molar-refractivity contribution in [3.8, 4) is 0 Å². The van der Waals surface area contributed by atoms with Crippen molar-refractivity contribution in [1.82, 2.24) is 10.2 Å². The largest absolute Gasteiger partial charge is 0.325 e. The Morgan fingerprint density at radius 3 is 2.19 bits per heavy atom. The summed E-state index contributed by atoms with van der Waals surface area (Å²) in [6.45, 7) is 4.34. The Labute approximate surface area is 130 Å². The fourth-order valence-corrected chi connectivity index (χ4v) is 3.04. The number of nitrogens with zero attached hydrogens (tertiary/aromatic N) is 1. The van der Waals surface area contributed by atoms with Crippen LogP contribution in [0.2, 0.25) is 5.02 Å². The first kappa shape index (κ1) is 15.8. The van der Waals surface area contributed by atoms with E-state index in [2.05, 4.69) is 5.32 Å². The second-order valence-electron chi connectivity index (χ2n) is 5.53. The van der Waals surface area contributed by atoms with E-state index in [4.69, 9.17) is 11.6 Å². The minimum atomic E-state index is -0.715. The smallest absolute Gasteiger partial charge is 0.323 e. The maximum Gasteiger partial charge on any atom is 0.325 e. The molecule has 0 aromatic heterocycles. The zero-order valence-electron chi connectivity index (χ0n) is 12.5. The van der Waals surface area contributed by atoms with Crippen molar-refractivity contribution in [1.29, 1.82) is 0 Å². The predicted molar refractivity (Wildman–Crippen MR) is 83.1 cm³/mol. The normalized spacial score (nSPS) is 17.2. The highest BCUT2D eigenvalue weighted by atomic mass is 35.5. The van der Waals surface area contributed by atoms with Crippen molar-refractivity contribution in [3.63, 3.8) is 0 Å². The fraction of sp³-hybridized carbons (Fsp3) is 0.500. The first-order valence-corrected chi connectivity index (χ1v) is 7.78. The number of hydrogen-bond donors (Lipinski definition) is 1. The van der Waals surface area contributed by atoms with E-state index in [1.807, 2.05) is 26.0 Å². The summed E-state index contributed by atoms with van der Waals surface area (Å²) in [5, 5.41) is 3.55. The van der Waals surface area contributed by atoms with Crippen LogP contribution < -0.4 is 5.32 Å². The highest BCUT2D eigenvalue weighted by molar-refractivity contribution is 6.30. The number of carbonyl (C=O) groups excluding carboxylic acids is 2. The summed E-state index contributed by atoms with van der Waals surface area (Å²) in [5.41, 5.74) is 0.180. The SMILES string of the molecule is CCCC1(CCC)NC(=O)N(Cc2ccc(Cl)cc2)C1=O. The topological polar surface area (TPSA) is 49.4 Å². The molecule has 2 rings (SSSR count). The predicted octanol–water partition coefficient (Wildman–Crippen LogP) is 3.73. The van der Waals surface area contributed by atoms with E-state index in [0.29, 0.717) is 17.9 Å². The van der Waals surface area contributed by atoms with E-state index < -0.39 is 5.54 Å². The van der Waals surface area contributed by atoms with Gasteiger partial charge in [-0.25, -0.2) is 4.79 Å². The number of imide groups is 1. The van der Waals surface area contributed by atoms with Gasteiger partial charge in [-0.2, -0.15) is 0 Å². The van der Waals surface area contributed by atoms with Gasteiger partial charge in [0.05, 0.1) is 6.54 Å². The zero-order chi connectivity index (χ0) is 15.5. The zero-order valence-corrected chi connectivity index (χ0v) is 13.2. The Kier molecular flexibility index (Phi) is 4.88. The van der Waals surface area contributed by atoms with Crippen molar-refractivity contribution in [2.24, 2.45) is 0 Å². The number of urea groups is 1. The molecule has 1 saturated heterocycles. The van der Waals surface area contributed by atoms with Crippen molar-refractivity contribution in [2.75, 3.05) is 0 Å². The van der Waals surface area contributed by atoms with Gasteiger partial charge in [-0.15, -0.1) is 0 Å². The lowest BCUT2D eigenvalue weighted by Crippen LogP contribution is -2.46. The van der Waals surface area contributed by atoms with Gasteiger partial charge in [0, 0.05) is 5.02 Å². The van der Waals surface area contributed by atoms with E-state index in [-0.39, 0.29) is 18.5 Å². The van der Waals surface area contributed by atoms with Crippen LogP contribution in [0.15, 0.2) is 24.3 Å². The molecule has 0 unspecified atom stereocenters. The third-order valence-corrected chi connectivity index (χ3v) is 4.11. The van der Waals surface area contributed by atoms with Gasteiger partial charge >= 0.3 is 6.03 Å². The van der Waals surface area contributed by atoms with Crippen LogP contribution in [0, 0.1) is 0 Å². The Morgan fingerprint density at radius 1 is 1.10 bits per heavy atom. The van der Waals surface area contributed by atoms with Crippen LogP contribution in [-0.4, -0.2) is 22.4 Å². The maximum absolute atomic E-state index is 12.7. The standard InChI is InChI=1S/C16H21ClN2O2/c1-3-9-16(10-4-2)14(20)19(15(21)18-16)11-12-5-7-13(17)8-6-12/h5-8H,3-4,9-11H2,1-2H3,(H,18,21). The summed E-state index contributed by atoms with van der Waals surface area (Å²) in [6.07, 6.45) is 3.09. The summed E-state index contributed by atoms with van der Waals surface area (Å²) in [5.74, 6) is -0.105. The van der Waals surface area contributed by atoms with Crippen LogP contribution >= 0.6 is 11.6 Å². The van der Waals surface area contributed by atoms with E-state index in [0.717, 1.165) is 18.4 Å². The fourth-order valence-electron chi connectivity index (χ4n) is 2.91. The molecule has 21 heavy (non-hydrogen) atoms. The molecular formula is C16H21ClN2O2. The monoisotopic (exact) mass is 308 g/mol. The number of rotatable bonds is 6. The second kappa shape index (κ2) is 6.48. The third-order valence-electron chi connectivity index (χ3n) is 3.85. The van der Waals surface area contributed by atoms with Crippen molar-refractivity contribution < 1.29 is 9.59 Å². The number of amides is 3. The van der Waals surface area contributed by atoms with E-state index in [1.54, 1.807) is 12.1 Å². The minimum absolute atomic E-state index is 0.105. The van der Waals surface area contributed by atoms with Crippen molar-refractivity contribution in [2.45, 2.75) is 51.6 Å². The summed E-state index contributed by atoms with van der Waals surface area (Å²) in [6, 6.07) is 6.91. The third kappa shape index (κ3) is 3.21. The number of nitrogens with one attached hydrogen (secondary N) is 1. The van der Waals surface area contributed by atoms with Gasteiger partial charge in [-0.1, -0.05) is 50.4 Å². The van der Waals surface area contributed by atoms with Gasteiger partial charge in [0.15, 0.2) is 0 Å². The summed E-state index contributed by atoms with van der Waals surface area (Å²) in [7, 11) is 0. The van der Waals surface area contributed by atoms with Gasteiger partial charge in [-0.3, -0.25) is 9.69 Å². The second-order valence-corrected chi connectivity index (χ2v) is 5.97. The summed E-state index contributed by atoms with van der Waals surface area (Å²) >= 11 is 5.85. The molecule has 3 amide bonds. The Bertz CT molecular complexity index is 522. The van der Waals surface area contributed by atoms with Crippen LogP contribution in [0.3, 0.4) is 0 Å². The first-order valence-electron chi connectivity index (χ1n) is 7.41. The van der Waals surface area contributed by atoms with Gasteiger partial charge < -0.3 is 5.32 Å². The highest BCUT2D eigenvalue weighted by Gasteiger charge is 2.49. The molecule has 0 aliphatic carbocycles. The molecule has 1 heterocycles. The molecule has 0 atom stereocenters. The molecule has 4 nitrogen and oxygen atoms in total. The molecule has 1 aliphatic rings. The molecule has 1 fully saturated rings. The number of halogens is 1. The molecule has 1 aromatic carbocycles. The highest BCUT2D eigenvalue weighted by Crippen LogP contribution is 2.29. The van der Waals surface area contributed by atoms with Crippen LogP contribution in [0.25, 0.3) is 0 Å². The minimum Gasteiger partial charge on any atom is -0.323 e. The van der Waals surface area contributed by atoms with Crippen LogP contribution in [-0.2, 0) is 11.3 Å². The molecule has 0 bridgehead atoms. The van der Waals surface area contributed by atoms with Crippen molar-refractivity contribution in [3.05, 3.63) is 34.9 Å². The molecule has 0 radical (unpaired) electrons. The number of hydrogen-bond acceptors (Lipinski definition) is 2. The van der Waals surface area contributed by atoms with Gasteiger partial charge in [-0.05, 0) is 30.5 Å². The lowest BCUT2D eigenvalue weighted by molar-refractivity contribution is -0.132. The molecule has 5 heteroatoms. The average Bonchev–Trinajstić information content (AvgIpc) is 2.67. The van der Waals surface area contributed by atoms with Gasteiger partial charge in [0.1, 0.15) is 5.54 Å². The molecule has 0 saturated carbocycles. The number of carbonyl (C=O) groups is 2. The lowest BCUT2D eigenvalue weighted by Gasteiger charge is -2.25. The van der Waals surface area contributed by atoms with E-state index >= 15 is 0 Å². The Hall–Kier alpha value is -1.55. The van der Waals surface area contributed by atoms with E-state index in [9.17, 15) is 9.59 Å². The Morgan fingerprint density at radius 2 is 1.67 bits per heavy atom. The maximum atomic E-state index is 12.7. The molecule has 1 N–H and O–H groups in total. The molecule has 114 valence electrons. The molecular weight excluding hydrogens is 288 g/mol. The van der Waals surface area contributed by atoms with Crippen LogP contribution in [0.1, 0.15) is 45.1 Å². The van der Waals surface area contributed by atoms with Crippen LogP contribution in [0.4, 0.5) is 4.79 Å². The quantitative estimate of drug-likeness (QED) is 0.814. The lowest BCUT2D eigenvalue weighted by atomic mass is 9.88. The molecule has 1 aromatic rings. The van der Waals surface area contributed by atoms with Gasteiger partial charge in [0.25, 0.3) is 5.91 Å².